The van der Waals surface area contributed by atoms with Crippen LogP contribution in [-0.4, -0.2) is 26.3 Å². The summed E-state index contributed by atoms with van der Waals surface area (Å²) in [6.45, 7) is 1.35. The number of anilines is 1. The zero-order valence-corrected chi connectivity index (χ0v) is 14.0. The Morgan fingerprint density at radius 1 is 1.00 bits per heavy atom. The van der Waals surface area contributed by atoms with Crippen LogP contribution in [0.1, 0.15) is 6.92 Å². The number of ether oxygens (including phenoxy) is 3. The maximum atomic E-state index is 11.4. The van der Waals surface area contributed by atoms with Crippen molar-refractivity contribution in [2.75, 3.05) is 19.5 Å². The molecule has 0 atom stereocenters. The highest BCUT2D eigenvalue weighted by Gasteiger charge is 2.16. The molecule has 2 aromatic rings. The number of carbonyl (C=O) groups is 2. The molecule has 2 aromatic carbocycles. The zero-order chi connectivity index (χ0) is 18.2. The van der Waals surface area contributed by atoms with E-state index in [1.165, 1.54) is 33.3 Å². The highest BCUT2D eigenvalue weighted by Crippen LogP contribution is 2.39. The average molecular weight is 343 g/mol. The van der Waals surface area contributed by atoms with Crippen molar-refractivity contribution in [2.45, 2.75) is 6.92 Å². The van der Waals surface area contributed by atoms with Crippen molar-refractivity contribution < 1.29 is 23.8 Å². The molecule has 0 aliphatic rings. The first kappa shape index (κ1) is 17.9. The van der Waals surface area contributed by atoms with Crippen LogP contribution in [0.15, 0.2) is 52.7 Å². The van der Waals surface area contributed by atoms with Gasteiger partial charge in [0.15, 0.2) is 11.5 Å². The molecular formula is C17H17N3O5. The zero-order valence-electron chi connectivity index (χ0n) is 14.0. The number of carbonyl (C=O) groups excluding carboxylic acids is 2. The number of benzene rings is 2. The third kappa shape index (κ3) is 5.03. The summed E-state index contributed by atoms with van der Waals surface area (Å²) in [5, 5.41) is 10.9. The van der Waals surface area contributed by atoms with E-state index in [-0.39, 0.29) is 17.4 Å². The van der Waals surface area contributed by atoms with E-state index in [1.54, 1.807) is 12.1 Å². The molecule has 0 aliphatic carbocycles. The van der Waals surface area contributed by atoms with E-state index in [0.29, 0.717) is 17.1 Å². The lowest BCUT2D eigenvalue weighted by molar-refractivity contribution is -0.114. The Balaban J connectivity index is 2.44. The molecule has 1 amide bonds. The topological polar surface area (TPSA) is 98.6 Å². The fourth-order valence-corrected chi connectivity index (χ4v) is 1.90. The molecule has 0 heterocycles. The highest BCUT2D eigenvalue weighted by atomic mass is 16.7. The second kappa shape index (κ2) is 8.44. The number of nitrogens with zero attached hydrogens (tertiary/aromatic N) is 2. The van der Waals surface area contributed by atoms with Crippen LogP contribution in [0.2, 0.25) is 0 Å². The van der Waals surface area contributed by atoms with Gasteiger partial charge in [0.1, 0.15) is 5.69 Å². The van der Waals surface area contributed by atoms with Gasteiger partial charge in [0, 0.05) is 19.1 Å². The second-order valence-electron chi connectivity index (χ2n) is 4.79. The number of methoxy groups -OCH3 is 2. The Morgan fingerprint density at radius 2 is 1.72 bits per heavy atom. The molecule has 8 heteroatoms. The molecule has 0 spiro atoms. The minimum atomic E-state index is -0.911. The van der Waals surface area contributed by atoms with Crippen LogP contribution >= 0.6 is 0 Å². The van der Waals surface area contributed by atoms with Gasteiger partial charge in [-0.15, -0.1) is 5.11 Å². The van der Waals surface area contributed by atoms with Gasteiger partial charge in [0.05, 0.1) is 25.6 Å². The number of nitrogens with one attached hydrogen (secondary N) is 1. The smallest absolute Gasteiger partial charge is 0.493 e. The lowest BCUT2D eigenvalue weighted by Gasteiger charge is -2.12. The average Bonchev–Trinajstić information content (AvgIpc) is 2.61. The maximum absolute atomic E-state index is 11.4. The van der Waals surface area contributed by atoms with E-state index in [2.05, 4.69) is 20.3 Å². The summed E-state index contributed by atoms with van der Waals surface area (Å²) in [7, 11) is 2.60. The van der Waals surface area contributed by atoms with Crippen LogP contribution in [0.4, 0.5) is 21.9 Å². The molecule has 25 heavy (non-hydrogen) atoms. The van der Waals surface area contributed by atoms with Crippen molar-refractivity contribution >= 4 is 29.1 Å². The summed E-state index contributed by atoms with van der Waals surface area (Å²) >= 11 is 0. The predicted octanol–water partition coefficient (Wildman–Crippen LogP) is 4.21. The monoisotopic (exact) mass is 343 g/mol. The van der Waals surface area contributed by atoms with Crippen LogP contribution in [-0.2, 0) is 9.53 Å². The quantitative estimate of drug-likeness (QED) is 0.498. The molecule has 1 N–H and O–H groups in total. The van der Waals surface area contributed by atoms with E-state index in [9.17, 15) is 9.59 Å². The predicted molar refractivity (Wildman–Crippen MR) is 90.9 cm³/mol. The molecular weight excluding hydrogens is 326 g/mol. The molecule has 2 rings (SSSR count). The van der Waals surface area contributed by atoms with Gasteiger partial charge in [-0.05, 0) is 12.1 Å². The number of rotatable bonds is 5. The van der Waals surface area contributed by atoms with Gasteiger partial charge in [0.2, 0.25) is 5.91 Å². The first-order valence-corrected chi connectivity index (χ1v) is 7.25. The fourth-order valence-electron chi connectivity index (χ4n) is 1.90. The summed E-state index contributed by atoms with van der Waals surface area (Å²) in [6, 6.07) is 12.0. The summed E-state index contributed by atoms with van der Waals surface area (Å²) in [4.78, 5) is 22.8. The standard InChI is InChI=1S/C17H17N3O5/c1-11(21)18-13-9-16(25-17(22)24-3)15(23-2)10-14(13)20-19-12-7-5-4-6-8-12/h4-10H,1-3H3,(H,18,21)/b20-19+. The Kier molecular flexibility index (Phi) is 6.05. The van der Waals surface area contributed by atoms with Crippen LogP contribution < -0.4 is 14.8 Å². The largest absolute Gasteiger partial charge is 0.513 e. The summed E-state index contributed by atoms with van der Waals surface area (Å²) in [6.07, 6.45) is -0.911. The van der Waals surface area contributed by atoms with Gasteiger partial charge in [-0.2, -0.15) is 5.11 Å². The number of hydrogen-bond donors (Lipinski definition) is 1. The second-order valence-corrected chi connectivity index (χ2v) is 4.79. The Morgan fingerprint density at radius 3 is 2.32 bits per heavy atom. The summed E-state index contributed by atoms with van der Waals surface area (Å²) in [5.74, 6) is 0.00335. The normalized spacial score (nSPS) is 10.4. The van der Waals surface area contributed by atoms with Crippen molar-refractivity contribution in [1.82, 2.24) is 0 Å². The first-order valence-electron chi connectivity index (χ1n) is 7.25. The molecule has 0 saturated heterocycles. The lowest BCUT2D eigenvalue weighted by Crippen LogP contribution is -2.10. The van der Waals surface area contributed by atoms with Gasteiger partial charge >= 0.3 is 6.16 Å². The molecule has 0 saturated carbocycles. The third-order valence-corrected chi connectivity index (χ3v) is 2.98. The molecule has 130 valence electrons. The van der Waals surface area contributed by atoms with Crippen molar-refractivity contribution in [3.05, 3.63) is 42.5 Å². The van der Waals surface area contributed by atoms with Crippen LogP contribution in [0, 0.1) is 0 Å². The Bertz CT molecular complexity index is 790. The number of hydrogen-bond acceptors (Lipinski definition) is 7. The third-order valence-electron chi connectivity index (χ3n) is 2.98. The Hall–Kier alpha value is -3.42. The van der Waals surface area contributed by atoms with Gasteiger partial charge < -0.3 is 19.5 Å². The van der Waals surface area contributed by atoms with E-state index in [0.717, 1.165) is 0 Å². The van der Waals surface area contributed by atoms with Crippen molar-refractivity contribution in [1.29, 1.82) is 0 Å². The minimum Gasteiger partial charge on any atom is -0.493 e. The van der Waals surface area contributed by atoms with Crippen LogP contribution in [0.25, 0.3) is 0 Å². The van der Waals surface area contributed by atoms with Crippen LogP contribution in [0.5, 0.6) is 11.5 Å². The van der Waals surface area contributed by atoms with Gasteiger partial charge in [0.25, 0.3) is 0 Å². The molecule has 0 bridgehead atoms. The van der Waals surface area contributed by atoms with Gasteiger partial charge in [-0.3, -0.25) is 4.79 Å². The number of azo groups is 1. The van der Waals surface area contributed by atoms with Crippen LogP contribution in [0.3, 0.4) is 0 Å². The molecule has 8 nitrogen and oxygen atoms in total. The van der Waals surface area contributed by atoms with Crippen molar-refractivity contribution in [2.24, 2.45) is 10.2 Å². The molecule has 0 unspecified atom stereocenters. The molecule has 0 fully saturated rings. The van der Waals surface area contributed by atoms with Gasteiger partial charge in [-0.1, -0.05) is 18.2 Å². The summed E-state index contributed by atoms with van der Waals surface area (Å²) < 4.78 is 14.7. The first-order chi connectivity index (χ1) is 12.0. The summed E-state index contributed by atoms with van der Waals surface area (Å²) in [5.41, 5.74) is 1.30. The van der Waals surface area contributed by atoms with Crippen molar-refractivity contribution in [3.63, 3.8) is 0 Å². The van der Waals surface area contributed by atoms with E-state index in [1.807, 2.05) is 18.2 Å². The van der Waals surface area contributed by atoms with Crippen molar-refractivity contribution in [3.8, 4) is 11.5 Å². The highest BCUT2D eigenvalue weighted by molar-refractivity contribution is 5.93. The molecule has 0 radical (unpaired) electrons. The van der Waals surface area contributed by atoms with E-state index in [4.69, 9.17) is 9.47 Å². The van der Waals surface area contributed by atoms with E-state index < -0.39 is 6.16 Å². The van der Waals surface area contributed by atoms with Gasteiger partial charge in [-0.25, -0.2) is 4.79 Å². The SMILES string of the molecule is COC(=O)Oc1cc(NC(C)=O)c(/N=N/c2ccccc2)cc1OC. The Labute approximate surface area is 144 Å². The molecule has 0 aromatic heterocycles. The lowest BCUT2D eigenvalue weighted by atomic mass is 10.2. The van der Waals surface area contributed by atoms with E-state index >= 15 is 0 Å². The minimum absolute atomic E-state index is 0.0803. The fraction of sp³-hybridized carbons (Fsp3) is 0.176. The maximum Gasteiger partial charge on any atom is 0.513 e. The number of amides is 1. The molecule has 0 aliphatic heterocycles.